The molecule has 0 aliphatic rings. The Morgan fingerprint density at radius 1 is 1.24 bits per heavy atom. The van der Waals surface area contributed by atoms with E-state index in [0.29, 0.717) is 12.5 Å². The molecule has 1 atom stereocenters. The zero-order valence-corrected chi connectivity index (χ0v) is 10.8. The molecule has 0 spiro atoms. The Labute approximate surface area is 103 Å². The molecule has 17 heavy (non-hydrogen) atoms. The van der Waals surface area contributed by atoms with Crippen molar-refractivity contribution in [2.75, 3.05) is 6.61 Å². The van der Waals surface area contributed by atoms with E-state index in [1.807, 2.05) is 6.92 Å². The molecular weight excluding hydrogens is 214 g/mol. The molecule has 1 amide bonds. The molecule has 3 nitrogen and oxygen atoms in total. The minimum Gasteiger partial charge on any atom is -0.449 e. The van der Waals surface area contributed by atoms with Gasteiger partial charge in [0.1, 0.15) is 0 Å². The highest BCUT2D eigenvalue weighted by molar-refractivity contribution is 5.64. The van der Waals surface area contributed by atoms with Crippen molar-refractivity contribution < 1.29 is 9.53 Å². The first-order valence-electron chi connectivity index (χ1n) is 6.00. The number of ether oxygens (including phenoxy) is 1. The third-order valence-corrected chi connectivity index (χ3v) is 2.67. The number of carbonyl (C=O) groups is 1. The Bertz CT molecular complexity index is 357. The van der Waals surface area contributed by atoms with Crippen molar-refractivity contribution >= 4 is 6.09 Å². The number of nitrogens with two attached hydrogens (primary N) is 1. The number of primary amides is 1. The highest BCUT2D eigenvalue weighted by atomic mass is 16.5. The molecule has 0 radical (unpaired) electrons. The molecule has 0 heterocycles. The Hall–Kier alpha value is -1.51. The first-order chi connectivity index (χ1) is 7.99. The Morgan fingerprint density at radius 3 is 2.29 bits per heavy atom. The zero-order chi connectivity index (χ0) is 12.8. The number of benzene rings is 1. The summed E-state index contributed by atoms with van der Waals surface area (Å²) in [5.41, 5.74) is 7.44. The summed E-state index contributed by atoms with van der Waals surface area (Å²) in [4.78, 5) is 10.5. The standard InChI is InChI=1S/C14H21NO2/c1-10(2)8-12-4-6-13(7-5-12)11(3)9-17-14(15)16/h4-7,10-11H,8-9H2,1-3H3,(H2,15,16). The van der Waals surface area contributed by atoms with E-state index in [-0.39, 0.29) is 5.92 Å². The summed E-state index contributed by atoms with van der Waals surface area (Å²) < 4.78 is 4.79. The Morgan fingerprint density at radius 2 is 1.82 bits per heavy atom. The maximum absolute atomic E-state index is 10.5. The molecule has 0 saturated heterocycles. The molecule has 0 aliphatic heterocycles. The molecule has 0 bridgehead atoms. The van der Waals surface area contributed by atoms with E-state index in [9.17, 15) is 4.79 Å². The second-order valence-electron chi connectivity index (χ2n) is 4.87. The van der Waals surface area contributed by atoms with Gasteiger partial charge in [-0.05, 0) is 23.5 Å². The molecule has 1 rings (SSSR count). The summed E-state index contributed by atoms with van der Waals surface area (Å²) in [6, 6.07) is 8.45. The van der Waals surface area contributed by atoms with Crippen molar-refractivity contribution in [3.8, 4) is 0 Å². The van der Waals surface area contributed by atoms with E-state index in [1.165, 1.54) is 11.1 Å². The molecule has 0 aliphatic carbocycles. The lowest BCUT2D eigenvalue weighted by atomic mass is 9.97. The molecule has 3 heteroatoms. The smallest absolute Gasteiger partial charge is 0.404 e. The second-order valence-corrected chi connectivity index (χ2v) is 4.87. The SMILES string of the molecule is CC(C)Cc1ccc(C(C)COC(N)=O)cc1. The summed E-state index contributed by atoms with van der Waals surface area (Å²) in [5, 5.41) is 0. The number of rotatable bonds is 5. The minimum atomic E-state index is -0.715. The molecule has 1 aromatic carbocycles. The monoisotopic (exact) mass is 235 g/mol. The van der Waals surface area contributed by atoms with Crippen LogP contribution in [0.5, 0.6) is 0 Å². The zero-order valence-electron chi connectivity index (χ0n) is 10.8. The maximum atomic E-state index is 10.5. The van der Waals surface area contributed by atoms with Crippen LogP contribution in [-0.2, 0) is 11.2 Å². The van der Waals surface area contributed by atoms with Gasteiger partial charge in [0.25, 0.3) is 0 Å². The minimum absolute atomic E-state index is 0.176. The average Bonchev–Trinajstić information content (AvgIpc) is 2.26. The summed E-state index contributed by atoms with van der Waals surface area (Å²) in [6.45, 7) is 6.76. The van der Waals surface area contributed by atoms with E-state index in [4.69, 9.17) is 10.5 Å². The van der Waals surface area contributed by atoms with Gasteiger partial charge in [0.2, 0.25) is 0 Å². The van der Waals surface area contributed by atoms with E-state index in [0.717, 1.165) is 6.42 Å². The van der Waals surface area contributed by atoms with Gasteiger partial charge in [-0.3, -0.25) is 0 Å². The van der Waals surface area contributed by atoms with Crippen molar-refractivity contribution in [3.05, 3.63) is 35.4 Å². The van der Waals surface area contributed by atoms with Gasteiger partial charge in [-0.25, -0.2) is 4.79 Å². The van der Waals surface area contributed by atoms with Crippen LogP contribution in [0.1, 0.15) is 37.8 Å². The van der Waals surface area contributed by atoms with E-state index in [2.05, 4.69) is 38.1 Å². The van der Waals surface area contributed by atoms with Gasteiger partial charge >= 0.3 is 6.09 Å². The van der Waals surface area contributed by atoms with Crippen LogP contribution in [0, 0.1) is 5.92 Å². The van der Waals surface area contributed by atoms with Gasteiger partial charge in [-0.2, -0.15) is 0 Å². The summed E-state index contributed by atoms with van der Waals surface area (Å²) in [7, 11) is 0. The van der Waals surface area contributed by atoms with Crippen LogP contribution in [0.4, 0.5) is 4.79 Å². The number of carbonyl (C=O) groups excluding carboxylic acids is 1. The molecule has 0 fully saturated rings. The lowest BCUT2D eigenvalue weighted by Crippen LogP contribution is -2.16. The predicted octanol–water partition coefficient (Wildman–Crippen LogP) is 3.08. The van der Waals surface area contributed by atoms with E-state index < -0.39 is 6.09 Å². The van der Waals surface area contributed by atoms with Crippen molar-refractivity contribution in [3.63, 3.8) is 0 Å². The Balaban J connectivity index is 2.57. The van der Waals surface area contributed by atoms with E-state index >= 15 is 0 Å². The summed E-state index contributed by atoms with van der Waals surface area (Å²) in [6.07, 6.45) is 0.375. The lowest BCUT2D eigenvalue weighted by Gasteiger charge is -2.12. The van der Waals surface area contributed by atoms with Crippen LogP contribution in [0.3, 0.4) is 0 Å². The molecule has 94 valence electrons. The van der Waals surface area contributed by atoms with Crippen LogP contribution >= 0.6 is 0 Å². The number of hydrogen-bond donors (Lipinski definition) is 1. The topological polar surface area (TPSA) is 52.3 Å². The summed E-state index contributed by atoms with van der Waals surface area (Å²) in [5.74, 6) is 0.840. The maximum Gasteiger partial charge on any atom is 0.404 e. The molecule has 1 unspecified atom stereocenters. The van der Waals surface area contributed by atoms with Crippen molar-refractivity contribution in [1.29, 1.82) is 0 Å². The van der Waals surface area contributed by atoms with Gasteiger partial charge in [0, 0.05) is 5.92 Å². The average molecular weight is 235 g/mol. The van der Waals surface area contributed by atoms with Gasteiger partial charge in [0.15, 0.2) is 0 Å². The largest absolute Gasteiger partial charge is 0.449 e. The molecule has 0 aromatic heterocycles. The fourth-order valence-electron chi connectivity index (χ4n) is 1.76. The lowest BCUT2D eigenvalue weighted by molar-refractivity contribution is 0.151. The molecule has 0 saturated carbocycles. The normalized spacial score (nSPS) is 12.5. The fraction of sp³-hybridized carbons (Fsp3) is 0.500. The van der Waals surface area contributed by atoms with E-state index in [1.54, 1.807) is 0 Å². The Kier molecular flexibility index (Phi) is 5.01. The first-order valence-corrected chi connectivity index (χ1v) is 6.00. The van der Waals surface area contributed by atoms with Crippen molar-refractivity contribution in [2.24, 2.45) is 11.7 Å². The van der Waals surface area contributed by atoms with Crippen molar-refractivity contribution in [2.45, 2.75) is 33.1 Å². The van der Waals surface area contributed by atoms with Crippen LogP contribution in [-0.4, -0.2) is 12.7 Å². The third-order valence-electron chi connectivity index (χ3n) is 2.67. The van der Waals surface area contributed by atoms with Crippen LogP contribution in [0.25, 0.3) is 0 Å². The van der Waals surface area contributed by atoms with Crippen molar-refractivity contribution in [1.82, 2.24) is 0 Å². The van der Waals surface area contributed by atoms with Crippen LogP contribution in [0.15, 0.2) is 24.3 Å². The molecule has 1 aromatic rings. The number of amides is 1. The second kappa shape index (κ2) is 6.28. The highest BCUT2D eigenvalue weighted by Gasteiger charge is 2.07. The van der Waals surface area contributed by atoms with Crippen LogP contribution in [0.2, 0.25) is 0 Å². The van der Waals surface area contributed by atoms with Gasteiger partial charge in [-0.15, -0.1) is 0 Å². The molecule has 2 N–H and O–H groups in total. The van der Waals surface area contributed by atoms with Gasteiger partial charge in [-0.1, -0.05) is 45.0 Å². The first kappa shape index (κ1) is 13.6. The quantitative estimate of drug-likeness (QED) is 0.852. The van der Waals surface area contributed by atoms with Gasteiger partial charge < -0.3 is 10.5 Å². The van der Waals surface area contributed by atoms with Crippen LogP contribution < -0.4 is 5.73 Å². The van der Waals surface area contributed by atoms with Gasteiger partial charge in [0.05, 0.1) is 6.61 Å². The highest BCUT2D eigenvalue weighted by Crippen LogP contribution is 2.17. The third kappa shape index (κ3) is 4.89. The molecular formula is C14H21NO2. The summed E-state index contributed by atoms with van der Waals surface area (Å²) >= 11 is 0. The fourth-order valence-corrected chi connectivity index (χ4v) is 1.76. The predicted molar refractivity (Wildman–Crippen MR) is 68.9 cm³/mol. The number of hydrogen-bond acceptors (Lipinski definition) is 2.